The van der Waals surface area contributed by atoms with Crippen molar-refractivity contribution in [3.05, 3.63) is 130 Å². The lowest BCUT2D eigenvalue weighted by Crippen LogP contribution is -2.32. The number of benzene rings is 4. The standard InChI is InChI=1S/C32H26ClN3O4/c1-20-8-14-25(15-9-20)36-31(38)28(33)29(32(36)39)35-27-18-23(11-10-21(27)2)30(37)34-24-12-16-26(17-13-24)40-19-22-6-4-3-5-7-22/h3-18,35H,19H2,1-2H3,(H,34,37). The van der Waals surface area contributed by atoms with Crippen LogP contribution in [0.4, 0.5) is 17.1 Å². The molecule has 0 saturated heterocycles. The van der Waals surface area contributed by atoms with E-state index in [9.17, 15) is 14.4 Å². The lowest BCUT2D eigenvalue weighted by atomic mass is 10.1. The van der Waals surface area contributed by atoms with Crippen molar-refractivity contribution in [2.24, 2.45) is 0 Å². The molecule has 7 nitrogen and oxygen atoms in total. The molecular formula is C32H26ClN3O4. The number of amides is 3. The summed E-state index contributed by atoms with van der Waals surface area (Å²) < 4.78 is 5.80. The third-order valence-corrected chi connectivity index (χ3v) is 6.79. The van der Waals surface area contributed by atoms with Crippen molar-refractivity contribution in [2.45, 2.75) is 20.5 Å². The fourth-order valence-corrected chi connectivity index (χ4v) is 4.36. The van der Waals surface area contributed by atoms with Crippen molar-refractivity contribution < 1.29 is 19.1 Å². The van der Waals surface area contributed by atoms with E-state index in [0.717, 1.165) is 21.6 Å². The molecule has 5 rings (SSSR count). The van der Waals surface area contributed by atoms with Gasteiger partial charge in [0.2, 0.25) is 0 Å². The van der Waals surface area contributed by atoms with Crippen LogP contribution < -0.4 is 20.3 Å². The van der Waals surface area contributed by atoms with Gasteiger partial charge in [0.1, 0.15) is 23.1 Å². The van der Waals surface area contributed by atoms with Gasteiger partial charge in [-0.2, -0.15) is 0 Å². The Hall–Kier alpha value is -4.88. The van der Waals surface area contributed by atoms with E-state index in [2.05, 4.69) is 10.6 Å². The summed E-state index contributed by atoms with van der Waals surface area (Å²) in [5.41, 5.74) is 4.66. The summed E-state index contributed by atoms with van der Waals surface area (Å²) in [6.07, 6.45) is 0. The van der Waals surface area contributed by atoms with Crippen LogP contribution in [0.5, 0.6) is 5.75 Å². The van der Waals surface area contributed by atoms with Crippen LogP contribution in [0.3, 0.4) is 0 Å². The molecule has 40 heavy (non-hydrogen) atoms. The quantitative estimate of drug-likeness (QED) is 0.242. The number of carbonyl (C=O) groups excluding carboxylic acids is 3. The Morgan fingerprint density at radius 2 is 1.55 bits per heavy atom. The highest BCUT2D eigenvalue weighted by Gasteiger charge is 2.39. The number of aryl methyl sites for hydroxylation is 2. The monoisotopic (exact) mass is 551 g/mol. The maximum absolute atomic E-state index is 13.2. The van der Waals surface area contributed by atoms with Gasteiger partial charge in [-0.15, -0.1) is 0 Å². The van der Waals surface area contributed by atoms with E-state index in [1.54, 1.807) is 54.6 Å². The number of ether oxygens (including phenoxy) is 1. The molecule has 0 saturated carbocycles. The maximum Gasteiger partial charge on any atom is 0.283 e. The summed E-state index contributed by atoms with van der Waals surface area (Å²) >= 11 is 6.30. The molecule has 1 heterocycles. The molecule has 0 radical (unpaired) electrons. The van der Waals surface area contributed by atoms with Crippen LogP contribution in [0.1, 0.15) is 27.0 Å². The Labute approximate surface area is 237 Å². The summed E-state index contributed by atoms with van der Waals surface area (Å²) in [7, 11) is 0. The van der Waals surface area contributed by atoms with Crippen LogP contribution >= 0.6 is 11.6 Å². The van der Waals surface area contributed by atoms with E-state index in [-0.39, 0.29) is 16.6 Å². The first-order chi connectivity index (χ1) is 19.3. The highest BCUT2D eigenvalue weighted by molar-refractivity contribution is 6.53. The number of hydrogen-bond donors (Lipinski definition) is 2. The third kappa shape index (κ3) is 5.75. The molecule has 0 aromatic heterocycles. The number of imide groups is 1. The Morgan fingerprint density at radius 1 is 0.850 bits per heavy atom. The molecule has 8 heteroatoms. The van der Waals surface area contributed by atoms with Gasteiger partial charge in [-0.25, -0.2) is 4.90 Å². The van der Waals surface area contributed by atoms with Gasteiger partial charge in [-0.1, -0.05) is 65.7 Å². The SMILES string of the molecule is Cc1ccc(N2C(=O)C(Cl)=C(Nc3cc(C(=O)Nc4ccc(OCc5ccccc5)cc4)ccc3C)C2=O)cc1. The van der Waals surface area contributed by atoms with Crippen LogP contribution in [0.15, 0.2) is 108 Å². The Morgan fingerprint density at radius 3 is 2.25 bits per heavy atom. The highest BCUT2D eigenvalue weighted by atomic mass is 35.5. The van der Waals surface area contributed by atoms with Crippen molar-refractivity contribution in [3.8, 4) is 5.75 Å². The van der Waals surface area contributed by atoms with Crippen molar-refractivity contribution in [3.63, 3.8) is 0 Å². The maximum atomic E-state index is 13.2. The Balaban J connectivity index is 1.26. The minimum absolute atomic E-state index is 0.0426. The van der Waals surface area contributed by atoms with E-state index in [1.807, 2.05) is 56.3 Å². The van der Waals surface area contributed by atoms with Crippen molar-refractivity contribution in [1.82, 2.24) is 0 Å². The number of halogens is 1. The van der Waals surface area contributed by atoms with Crippen LogP contribution in [0.25, 0.3) is 0 Å². The van der Waals surface area contributed by atoms with Gasteiger partial charge in [0, 0.05) is 16.9 Å². The van der Waals surface area contributed by atoms with E-state index >= 15 is 0 Å². The molecule has 0 aliphatic carbocycles. The number of carbonyl (C=O) groups is 3. The first-order valence-corrected chi connectivity index (χ1v) is 13.0. The molecule has 0 spiro atoms. The largest absolute Gasteiger partial charge is 0.489 e. The lowest BCUT2D eigenvalue weighted by molar-refractivity contribution is -0.120. The molecule has 200 valence electrons. The van der Waals surface area contributed by atoms with Gasteiger partial charge in [-0.05, 0) is 73.5 Å². The molecule has 0 bridgehead atoms. The van der Waals surface area contributed by atoms with Crippen LogP contribution in [-0.2, 0) is 16.2 Å². The zero-order chi connectivity index (χ0) is 28.2. The third-order valence-electron chi connectivity index (χ3n) is 6.44. The van der Waals surface area contributed by atoms with Gasteiger partial charge in [0.15, 0.2) is 0 Å². The van der Waals surface area contributed by atoms with Crippen molar-refractivity contribution in [1.29, 1.82) is 0 Å². The van der Waals surface area contributed by atoms with E-state index < -0.39 is 11.8 Å². The number of nitrogens with one attached hydrogen (secondary N) is 2. The van der Waals surface area contributed by atoms with E-state index in [0.29, 0.717) is 35.0 Å². The fraction of sp³-hybridized carbons (Fsp3) is 0.0938. The van der Waals surface area contributed by atoms with Crippen LogP contribution in [0, 0.1) is 13.8 Å². The van der Waals surface area contributed by atoms with Gasteiger partial charge < -0.3 is 15.4 Å². The molecule has 0 fully saturated rings. The average molecular weight is 552 g/mol. The molecule has 1 aliphatic heterocycles. The Kier molecular flexibility index (Phi) is 7.66. The summed E-state index contributed by atoms with van der Waals surface area (Å²) in [4.78, 5) is 40.0. The first kappa shape index (κ1) is 26.7. The van der Waals surface area contributed by atoms with Gasteiger partial charge >= 0.3 is 0 Å². The van der Waals surface area contributed by atoms with Crippen LogP contribution in [-0.4, -0.2) is 17.7 Å². The first-order valence-electron chi connectivity index (χ1n) is 12.6. The molecule has 0 unspecified atom stereocenters. The second-order valence-corrected chi connectivity index (χ2v) is 9.76. The summed E-state index contributed by atoms with van der Waals surface area (Å²) in [6.45, 7) is 4.19. The van der Waals surface area contributed by atoms with Gasteiger partial charge in [-0.3, -0.25) is 14.4 Å². The molecule has 2 N–H and O–H groups in total. The Bertz CT molecular complexity index is 1610. The smallest absolute Gasteiger partial charge is 0.283 e. The number of rotatable bonds is 8. The summed E-state index contributed by atoms with van der Waals surface area (Å²) in [5.74, 6) is -0.830. The second kappa shape index (κ2) is 11.5. The molecule has 4 aromatic carbocycles. The topological polar surface area (TPSA) is 87.7 Å². The minimum atomic E-state index is -0.610. The predicted molar refractivity (Wildman–Crippen MR) is 157 cm³/mol. The molecular weight excluding hydrogens is 526 g/mol. The lowest BCUT2D eigenvalue weighted by Gasteiger charge is -2.16. The average Bonchev–Trinajstić information content (AvgIpc) is 3.17. The van der Waals surface area contributed by atoms with E-state index in [1.165, 1.54) is 0 Å². The number of anilines is 3. The fourth-order valence-electron chi connectivity index (χ4n) is 4.15. The van der Waals surface area contributed by atoms with Crippen LogP contribution in [0.2, 0.25) is 0 Å². The van der Waals surface area contributed by atoms with Gasteiger partial charge in [0.05, 0.1) is 5.69 Å². The molecule has 4 aromatic rings. The normalized spacial score (nSPS) is 13.0. The number of hydrogen-bond acceptors (Lipinski definition) is 5. The predicted octanol–water partition coefficient (Wildman–Crippen LogP) is 6.57. The molecule has 3 amide bonds. The van der Waals surface area contributed by atoms with Crippen molar-refractivity contribution >= 4 is 46.4 Å². The minimum Gasteiger partial charge on any atom is -0.489 e. The second-order valence-electron chi connectivity index (χ2n) is 9.38. The summed E-state index contributed by atoms with van der Waals surface area (Å²) in [5, 5.41) is 5.64. The highest BCUT2D eigenvalue weighted by Crippen LogP contribution is 2.31. The zero-order valence-corrected chi connectivity index (χ0v) is 22.7. The molecule has 1 aliphatic rings. The van der Waals surface area contributed by atoms with E-state index in [4.69, 9.17) is 16.3 Å². The number of nitrogens with zero attached hydrogens (tertiary/aromatic N) is 1. The van der Waals surface area contributed by atoms with Gasteiger partial charge in [0.25, 0.3) is 17.7 Å². The zero-order valence-electron chi connectivity index (χ0n) is 21.9. The summed E-state index contributed by atoms with van der Waals surface area (Å²) in [6, 6.07) is 29.0. The van der Waals surface area contributed by atoms with Crippen molar-refractivity contribution in [2.75, 3.05) is 15.5 Å². The molecule has 0 atom stereocenters.